The van der Waals surface area contributed by atoms with Crippen LogP contribution >= 0.6 is 0 Å². The Morgan fingerprint density at radius 2 is 1.75 bits per heavy atom. The SMILES string of the molecule is CN(CC1COc2ccccc2O1)S(=O)(=O)N(C)C1CCCCC1. The average molecular weight is 354 g/mol. The van der Waals surface area contributed by atoms with Crippen LogP contribution < -0.4 is 9.47 Å². The van der Waals surface area contributed by atoms with Crippen molar-refractivity contribution in [3.05, 3.63) is 24.3 Å². The maximum atomic E-state index is 12.8. The molecule has 0 bridgehead atoms. The minimum Gasteiger partial charge on any atom is -0.486 e. The third-order valence-electron chi connectivity index (χ3n) is 4.87. The summed E-state index contributed by atoms with van der Waals surface area (Å²) in [7, 11) is -0.185. The molecule has 1 atom stereocenters. The van der Waals surface area contributed by atoms with Gasteiger partial charge >= 0.3 is 0 Å². The summed E-state index contributed by atoms with van der Waals surface area (Å²) in [5.74, 6) is 1.37. The van der Waals surface area contributed by atoms with Gasteiger partial charge in [-0.15, -0.1) is 0 Å². The van der Waals surface area contributed by atoms with Crippen molar-refractivity contribution in [1.82, 2.24) is 8.61 Å². The van der Waals surface area contributed by atoms with Gasteiger partial charge in [-0.2, -0.15) is 17.0 Å². The van der Waals surface area contributed by atoms with Crippen LogP contribution in [0.3, 0.4) is 0 Å². The molecule has 2 aliphatic rings. The van der Waals surface area contributed by atoms with Crippen LogP contribution in [0.5, 0.6) is 11.5 Å². The fraction of sp³-hybridized carbons (Fsp3) is 0.647. The van der Waals surface area contributed by atoms with E-state index in [1.165, 1.54) is 15.0 Å². The molecular weight excluding hydrogens is 328 g/mol. The van der Waals surface area contributed by atoms with Gasteiger partial charge in [-0.1, -0.05) is 31.4 Å². The quantitative estimate of drug-likeness (QED) is 0.814. The van der Waals surface area contributed by atoms with Crippen molar-refractivity contribution < 1.29 is 17.9 Å². The third-order valence-corrected chi connectivity index (χ3v) is 6.84. The highest BCUT2D eigenvalue weighted by Crippen LogP contribution is 2.31. The average Bonchev–Trinajstić information content (AvgIpc) is 2.61. The summed E-state index contributed by atoms with van der Waals surface area (Å²) in [5, 5.41) is 0. The van der Waals surface area contributed by atoms with E-state index in [4.69, 9.17) is 9.47 Å². The molecule has 0 radical (unpaired) electrons. The highest BCUT2D eigenvalue weighted by molar-refractivity contribution is 7.86. The minimum absolute atomic E-state index is 0.107. The molecule has 134 valence electrons. The van der Waals surface area contributed by atoms with E-state index in [2.05, 4.69) is 0 Å². The highest BCUT2D eigenvalue weighted by atomic mass is 32.2. The monoisotopic (exact) mass is 354 g/mol. The standard InChI is InChI=1S/C17H26N2O4S/c1-18(24(20,21)19(2)14-8-4-3-5-9-14)12-15-13-22-16-10-6-7-11-17(16)23-15/h6-7,10-11,14-15H,3-5,8-9,12-13H2,1-2H3. The Bertz CT molecular complexity index is 658. The zero-order valence-corrected chi connectivity index (χ0v) is 15.2. The molecule has 0 saturated heterocycles. The van der Waals surface area contributed by atoms with Crippen molar-refractivity contribution in [1.29, 1.82) is 0 Å². The van der Waals surface area contributed by atoms with Gasteiger partial charge in [0.25, 0.3) is 10.2 Å². The molecule has 1 saturated carbocycles. The van der Waals surface area contributed by atoms with Crippen LogP contribution in [0.25, 0.3) is 0 Å². The van der Waals surface area contributed by atoms with Crippen molar-refractivity contribution >= 4 is 10.2 Å². The van der Waals surface area contributed by atoms with Gasteiger partial charge in [0.1, 0.15) is 12.7 Å². The van der Waals surface area contributed by atoms with Crippen molar-refractivity contribution in [3.63, 3.8) is 0 Å². The summed E-state index contributed by atoms with van der Waals surface area (Å²) in [6, 6.07) is 7.56. The molecule has 0 amide bonds. The lowest BCUT2D eigenvalue weighted by Crippen LogP contribution is -2.49. The lowest BCUT2D eigenvalue weighted by molar-refractivity contribution is 0.0784. The minimum atomic E-state index is -3.48. The Balaban J connectivity index is 1.62. The van der Waals surface area contributed by atoms with Gasteiger partial charge in [-0.05, 0) is 25.0 Å². The predicted octanol–water partition coefficient (Wildman–Crippen LogP) is 2.27. The Kier molecular flexibility index (Phi) is 5.32. The van der Waals surface area contributed by atoms with Crippen LogP contribution in [0, 0.1) is 0 Å². The number of likely N-dealkylation sites (N-methyl/N-ethyl adjacent to an activating group) is 1. The Morgan fingerprint density at radius 3 is 2.46 bits per heavy atom. The third kappa shape index (κ3) is 3.68. The smallest absolute Gasteiger partial charge is 0.281 e. The Hall–Kier alpha value is -1.31. The summed E-state index contributed by atoms with van der Waals surface area (Å²) < 4.78 is 40.1. The molecule has 1 heterocycles. The lowest BCUT2D eigenvalue weighted by atomic mass is 9.96. The first kappa shape index (κ1) is 17.5. The van der Waals surface area contributed by atoms with Crippen LogP contribution in [-0.4, -0.2) is 56.4 Å². The van der Waals surface area contributed by atoms with Gasteiger partial charge in [0.2, 0.25) is 0 Å². The fourth-order valence-corrected chi connectivity index (χ4v) is 4.77. The van der Waals surface area contributed by atoms with Gasteiger partial charge in [-0.3, -0.25) is 0 Å². The summed E-state index contributed by atoms with van der Waals surface area (Å²) in [6.45, 7) is 0.623. The summed E-state index contributed by atoms with van der Waals surface area (Å²) >= 11 is 0. The zero-order chi connectivity index (χ0) is 17.2. The second kappa shape index (κ2) is 7.29. The molecule has 7 heteroatoms. The number of benzene rings is 1. The second-order valence-electron chi connectivity index (χ2n) is 6.59. The summed E-state index contributed by atoms with van der Waals surface area (Å²) in [4.78, 5) is 0. The highest BCUT2D eigenvalue weighted by Gasteiger charge is 2.33. The van der Waals surface area contributed by atoms with Crippen molar-refractivity contribution in [2.45, 2.75) is 44.2 Å². The number of nitrogens with zero attached hydrogens (tertiary/aromatic N) is 2. The van der Waals surface area contributed by atoms with Gasteiger partial charge in [0, 0.05) is 20.1 Å². The van der Waals surface area contributed by atoms with Crippen molar-refractivity contribution in [3.8, 4) is 11.5 Å². The van der Waals surface area contributed by atoms with E-state index < -0.39 is 10.2 Å². The largest absolute Gasteiger partial charge is 0.486 e. The topological polar surface area (TPSA) is 59.1 Å². The maximum Gasteiger partial charge on any atom is 0.281 e. The van der Waals surface area contributed by atoms with Gasteiger partial charge < -0.3 is 9.47 Å². The molecule has 1 unspecified atom stereocenters. The molecule has 1 fully saturated rings. The van der Waals surface area contributed by atoms with E-state index in [9.17, 15) is 8.42 Å². The maximum absolute atomic E-state index is 12.8. The van der Waals surface area contributed by atoms with E-state index in [0.29, 0.717) is 18.1 Å². The molecule has 1 aromatic carbocycles. The van der Waals surface area contributed by atoms with Crippen molar-refractivity contribution in [2.24, 2.45) is 0 Å². The molecule has 24 heavy (non-hydrogen) atoms. The fourth-order valence-electron chi connectivity index (χ4n) is 3.39. The van der Waals surface area contributed by atoms with Crippen molar-refractivity contribution in [2.75, 3.05) is 27.2 Å². The van der Waals surface area contributed by atoms with Gasteiger partial charge in [-0.25, -0.2) is 0 Å². The molecule has 1 aliphatic heterocycles. The molecule has 0 N–H and O–H groups in total. The van der Waals surface area contributed by atoms with E-state index >= 15 is 0 Å². The molecule has 6 nitrogen and oxygen atoms in total. The first-order valence-corrected chi connectivity index (χ1v) is 9.96. The molecule has 3 rings (SSSR count). The van der Waals surface area contributed by atoms with Crippen LogP contribution in [0.4, 0.5) is 0 Å². The Morgan fingerprint density at radius 1 is 1.08 bits per heavy atom. The second-order valence-corrected chi connectivity index (χ2v) is 8.69. The van der Waals surface area contributed by atoms with Gasteiger partial charge in [0.05, 0.1) is 6.54 Å². The molecule has 0 spiro atoms. The van der Waals surface area contributed by atoms with Crippen LogP contribution in [0.15, 0.2) is 24.3 Å². The van der Waals surface area contributed by atoms with E-state index in [1.54, 1.807) is 14.1 Å². The molecule has 1 aliphatic carbocycles. The number of hydrogen-bond acceptors (Lipinski definition) is 4. The van der Waals surface area contributed by atoms with E-state index in [1.807, 2.05) is 24.3 Å². The first-order valence-electron chi connectivity index (χ1n) is 8.56. The number of hydrogen-bond donors (Lipinski definition) is 0. The Labute approximate surface area is 144 Å². The molecular formula is C17H26N2O4S. The number of para-hydroxylation sites is 2. The first-order chi connectivity index (χ1) is 11.5. The molecule has 1 aromatic rings. The number of rotatable bonds is 5. The summed E-state index contributed by atoms with van der Waals surface area (Å²) in [5.41, 5.74) is 0. The van der Waals surface area contributed by atoms with E-state index in [0.717, 1.165) is 25.7 Å². The van der Waals surface area contributed by atoms with Crippen LogP contribution in [0.2, 0.25) is 0 Å². The lowest BCUT2D eigenvalue weighted by Gasteiger charge is -2.35. The van der Waals surface area contributed by atoms with Gasteiger partial charge in [0.15, 0.2) is 11.5 Å². The normalized spacial score (nSPS) is 22.1. The predicted molar refractivity (Wildman–Crippen MR) is 92.5 cm³/mol. The van der Waals surface area contributed by atoms with Crippen LogP contribution in [0.1, 0.15) is 32.1 Å². The number of ether oxygens (including phenoxy) is 2. The number of fused-ring (bicyclic) bond motifs is 1. The zero-order valence-electron chi connectivity index (χ0n) is 14.3. The summed E-state index contributed by atoms with van der Waals surface area (Å²) in [6.07, 6.45) is 4.99. The van der Waals surface area contributed by atoms with E-state index in [-0.39, 0.29) is 18.7 Å². The molecule has 0 aromatic heterocycles. The van der Waals surface area contributed by atoms with Crippen LogP contribution in [-0.2, 0) is 10.2 Å².